The monoisotopic (exact) mass is 534 g/mol. The number of carbonyl (C=O) groups excluding carboxylic acids is 1. The van der Waals surface area contributed by atoms with Crippen LogP contribution in [0.2, 0.25) is 0 Å². The molecule has 2 N–H and O–H groups in total. The van der Waals surface area contributed by atoms with Gasteiger partial charge in [-0.05, 0) is 88.6 Å². The van der Waals surface area contributed by atoms with Crippen LogP contribution >= 0.6 is 0 Å². The molecule has 2 aliphatic carbocycles. The lowest BCUT2D eigenvalue weighted by Gasteiger charge is -2.33. The molecule has 39 heavy (non-hydrogen) atoms. The molecule has 2 aromatic heterocycles. The van der Waals surface area contributed by atoms with Crippen molar-refractivity contribution in [2.45, 2.75) is 96.3 Å². The molecule has 0 unspecified atom stereocenters. The van der Waals surface area contributed by atoms with Crippen molar-refractivity contribution in [3.8, 4) is 11.1 Å². The summed E-state index contributed by atoms with van der Waals surface area (Å²) in [7, 11) is 0. The van der Waals surface area contributed by atoms with Gasteiger partial charge >= 0.3 is 0 Å². The highest BCUT2D eigenvalue weighted by Crippen LogP contribution is 2.28. The molecule has 210 valence electrons. The lowest BCUT2D eigenvalue weighted by atomic mass is 9.96. The fraction of sp³-hybridized carbons (Fsp3) is 0.581. The van der Waals surface area contributed by atoms with Gasteiger partial charge in [-0.15, -0.1) is 0 Å². The number of piperidine rings is 1. The van der Waals surface area contributed by atoms with Crippen LogP contribution in [0, 0.1) is 6.92 Å². The van der Waals surface area contributed by atoms with Crippen LogP contribution in [-0.2, 0) is 0 Å². The Morgan fingerprint density at radius 2 is 1.85 bits per heavy atom. The van der Waals surface area contributed by atoms with Crippen LogP contribution in [0.1, 0.15) is 87.6 Å². The van der Waals surface area contributed by atoms with E-state index in [9.17, 15) is 9.18 Å². The Morgan fingerprint density at radius 3 is 2.51 bits per heavy atom. The number of likely N-dealkylation sites (tertiary alicyclic amines) is 1. The number of aromatic nitrogens is 3. The molecule has 8 heteroatoms. The number of amides is 1. The lowest BCUT2D eigenvalue weighted by Crippen LogP contribution is -2.40. The number of hydrogen-bond acceptors (Lipinski definition) is 5. The maximum atomic E-state index is 13.3. The highest BCUT2D eigenvalue weighted by Gasteiger charge is 2.28. The lowest BCUT2D eigenvalue weighted by molar-refractivity contribution is 0.0743. The van der Waals surface area contributed by atoms with Crippen LogP contribution in [0.4, 0.5) is 10.2 Å². The predicted octanol–water partition coefficient (Wildman–Crippen LogP) is 6.17. The van der Waals surface area contributed by atoms with Gasteiger partial charge in [0.15, 0.2) is 5.65 Å². The van der Waals surface area contributed by atoms with Crippen molar-refractivity contribution in [3.05, 3.63) is 47.8 Å². The summed E-state index contributed by atoms with van der Waals surface area (Å²) in [4.78, 5) is 19.6. The Balaban J connectivity index is 0.000000237. The van der Waals surface area contributed by atoms with Gasteiger partial charge < -0.3 is 15.5 Å². The first-order valence-corrected chi connectivity index (χ1v) is 14.8. The fourth-order valence-corrected chi connectivity index (χ4v) is 5.57. The second-order valence-electron chi connectivity index (χ2n) is 11.8. The summed E-state index contributed by atoms with van der Waals surface area (Å²) in [5, 5.41) is 11.1. The van der Waals surface area contributed by atoms with Gasteiger partial charge in [0.2, 0.25) is 0 Å². The molecule has 3 heterocycles. The molecule has 1 saturated heterocycles. The van der Waals surface area contributed by atoms with Crippen molar-refractivity contribution >= 4 is 17.4 Å². The summed E-state index contributed by atoms with van der Waals surface area (Å²) in [6, 6.07) is 8.82. The molecule has 0 spiro atoms. The minimum Gasteiger partial charge on any atom is -0.367 e. The van der Waals surface area contributed by atoms with Crippen LogP contribution in [0.15, 0.2) is 36.7 Å². The zero-order valence-corrected chi connectivity index (χ0v) is 23.7. The van der Waals surface area contributed by atoms with Crippen LogP contribution < -0.4 is 10.6 Å². The maximum absolute atomic E-state index is 13.3. The third-order valence-corrected chi connectivity index (χ3v) is 8.21. The largest absolute Gasteiger partial charge is 0.367 e. The van der Waals surface area contributed by atoms with Crippen LogP contribution in [0.5, 0.6) is 0 Å². The van der Waals surface area contributed by atoms with Gasteiger partial charge in [-0.3, -0.25) is 4.79 Å². The quantitative estimate of drug-likeness (QED) is 0.379. The fourth-order valence-electron chi connectivity index (χ4n) is 5.57. The number of alkyl halides is 1. The van der Waals surface area contributed by atoms with Gasteiger partial charge in [0.05, 0.1) is 6.20 Å². The Kier molecular flexibility index (Phi) is 8.50. The zero-order chi connectivity index (χ0) is 27.4. The van der Waals surface area contributed by atoms with E-state index in [1.54, 1.807) is 11.4 Å². The van der Waals surface area contributed by atoms with E-state index < -0.39 is 5.67 Å². The molecular formula is C31H43FN6O. The summed E-state index contributed by atoms with van der Waals surface area (Å²) in [5.41, 5.74) is 3.66. The molecule has 1 aliphatic heterocycles. The van der Waals surface area contributed by atoms with Crippen molar-refractivity contribution in [1.82, 2.24) is 24.8 Å². The topological polar surface area (TPSA) is 74.6 Å². The highest BCUT2D eigenvalue weighted by molar-refractivity contribution is 5.96. The SMILES string of the molecule is CCCN1CCC(C)(F)CC1.Cc1cc(-c2cnn3ccc(NC4CCCC4)nc23)ccc1C(=O)NC1CC1. The Hall–Kier alpha value is -3.00. The minimum absolute atomic E-state index is 0.0209. The Morgan fingerprint density at radius 1 is 1.10 bits per heavy atom. The smallest absolute Gasteiger partial charge is 0.251 e. The molecule has 0 atom stereocenters. The number of rotatable bonds is 7. The van der Waals surface area contributed by atoms with Gasteiger partial charge in [-0.2, -0.15) is 5.10 Å². The average molecular weight is 535 g/mol. The molecule has 3 aromatic rings. The van der Waals surface area contributed by atoms with Crippen molar-refractivity contribution in [1.29, 1.82) is 0 Å². The standard InChI is InChI=1S/C22H25N5O.C9H18FN/c1-14-12-15(6-9-18(14)22(28)25-17-7-8-17)19-13-23-27-11-10-20(26-21(19)27)24-16-4-2-3-5-16;1-3-6-11-7-4-9(2,10)5-8-11/h6,9-13,16-17H,2-5,7-8H2,1H3,(H,24,26)(H,25,28);3-8H2,1-2H3. The van der Waals surface area contributed by atoms with E-state index in [1.165, 1.54) is 32.1 Å². The van der Waals surface area contributed by atoms with E-state index in [4.69, 9.17) is 4.98 Å². The zero-order valence-electron chi connectivity index (χ0n) is 23.7. The highest BCUT2D eigenvalue weighted by atomic mass is 19.1. The van der Waals surface area contributed by atoms with E-state index in [0.29, 0.717) is 24.9 Å². The minimum atomic E-state index is -0.885. The number of fused-ring (bicyclic) bond motifs is 1. The first-order valence-electron chi connectivity index (χ1n) is 14.8. The van der Waals surface area contributed by atoms with Crippen molar-refractivity contribution in [2.24, 2.45) is 0 Å². The van der Waals surface area contributed by atoms with Crippen LogP contribution in [-0.4, -0.2) is 62.8 Å². The second kappa shape index (κ2) is 12.0. The number of halogens is 1. The number of nitrogens with one attached hydrogen (secondary N) is 2. The van der Waals surface area contributed by atoms with Crippen molar-refractivity contribution < 1.29 is 9.18 Å². The van der Waals surface area contributed by atoms with Gasteiger partial charge in [-0.25, -0.2) is 13.9 Å². The summed E-state index contributed by atoms with van der Waals surface area (Å²) in [6.07, 6.45) is 13.6. The molecule has 1 aromatic carbocycles. The number of benzene rings is 1. The molecule has 6 rings (SSSR count). The Labute approximate surface area is 231 Å². The third kappa shape index (κ3) is 7.15. The normalized spacial score (nSPS) is 19.5. The molecule has 0 bridgehead atoms. The number of hydrogen-bond donors (Lipinski definition) is 2. The van der Waals surface area contributed by atoms with Gasteiger partial charge in [0, 0.05) is 42.5 Å². The maximum Gasteiger partial charge on any atom is 0.251 e. The third-order valence-electron chi connectivity index (χ3n) is 8.21. The molecule has 2 saturated carbocycles. The molecule has 3 aliphatic rings. The summed E-state index contributed by atoms with van der Waals surface area (Å²) >= 11 is 0. The second-order valence-corrected chi connectivity index (χ2v) is 11.8. The van der Waals surface area contributed by atoms with E-state index in [0.717, 1.165) is 66.2 Å². The van der Waals surface area contributed by atoms with E-state index in [2.05, 4.69) is 33.6 Å². The van der Waals surface area contributed by atoms with Crippen LogP contribution in [0.3, 0.4) is 0 Å². The van der Waals surface area contributed by atoms with Crippen LogP contribution in [0.25, 0.3) is 16.8 Å². The Bertz CT molecular complexity index is 1270. The average Bonchev–Trinajstić information content (AvgIpc) is 3.39. The first kappa shape index (κ1) is 27.6. The summed E-state index contributed by atoms with van der Waals surface area (Å²) < 4.78 is 15.1. The van der Waals surface area contributed by atoms with E-state index in [1.807, 2.05) is 37.5 Å². The molecule has 0 radical (unpaired) electrons. The van der Waals surface area contributed by atoms with Gasteiger partial charge in [0.25, 0.3) is 5.91 Å². The predicted molar refractivity (Wildman–Crippen MR) is 155 cm³/mol. The first-order chi connectivity index (χ1) is 18.8. The number of anilines is 1. The van der Waals surface area contributed by atoms with Gasteiger partial charge in [-0.1, -0.05) is 31.9 Å². The molecule has 7 nitrogen and oxygen atoms in total. The van der Waals surface area contributed by atoms with E-state index >= 15 is 0 Å². The molecule has 3 fully saturated rings. The number of aryl methyl sites for hydroxylation is 1. The molecular weight excluding hydrogens is 491 g/mol. The molecule has 1 amide bonds. The van der Waals surface area contributed by atoms with Gasteiger partial charge in [0.1, 0.15) is 11.5 Å². The summed E-state index contributed by atoms with van der Waals surface area (Å²) in [6.45, 7) is 8.90. The number of carbonyl (C=O) groups is 1. The van der Waals surface area contributed by atoms with E-state index in [-0.39, 0.29) is 5.91 Å². The number of nitrogens with zero attached hydrogens (tertiary/aromatic N) is 4. The van der Waals surface area contributed by atoms with Crippen molar-refractivity contribution in [2.75, 3.05) is 25.0 Å². The van der Waals surface area contributed by atoms with Crippen molar-refractivity contribution in [3.63, 3.8) is 0 Å². The summed E-state index contributed by atoms with van der Waals surface area (Å²) in [5.74, 6) is 0.922.